The first-order chi connectivity index (χ1) is 11.1. The molecule has 1 fully saturated rings. The molecule has 1 aliphatic rings. The number of hydrogen-bond donors (Lipinski definition) is 2. The van der Waals surface area contributed by atoms with Crippen LogP contribution in [0.25, 0.3) is 0 Å². The van der Waals surface area contributed by atoms with Crippen LogP contribution < -0.4 is 16.0 Å². The summed E-state index contributed by atoms with van der Waals surface area (Å²) in [5, 5.41) is 13.3. The Kier molecular flexibility index (Phi) is 4.41. The fourth-order valence-corrected chi connectivity index (χ4v) is 3.34. The number of anilines is 3. The molecule has 2 unspecified atom stereocenters. The van der Waals surface area contributed by atoms with Crippen molar-refractivity contribution in [3.63, 3.8) is 0 Å². The van der Waals surface area contributed by atoms with Crippen LogP contribution in [-0.2, 0) is 0 Å². The van der Waals surface area contributed by atoms with Crippen LogP contribution in [0.5, 0.6) is 0 Å². The van der Waals surface area contributed by atoms with Crippen molar-refractivity contribution in [1.29, 1.82) is 5.26 Å². The molecule has 1 saturated heterocycles. The van der Waals surface area contributed by atoms with Crippen molar-refractivity contribution >= 4 is 28.2 Å². The van der Waals surface area contributed by atoms with Gasteiger partial charge in [0, 0.05) is 18.6 Å². The summed E-state index contributed by atoms with van der Waals surface area (Å²) >= 11 is 1.33. The minimum Gasteiger partial charge on any atom is -0.351 e. The number of nitrogens with two attached hydrogens (primary N) is 1. The number of hydrogen-bond acceptors (Lipinski definition) is 8. The Labute approximate surface area is 139 Å². The number of nitriles is 1. The molecule has 3 heterocycles. The Morgan fingerprint density at radius 2 is 2.30 bits per heavy atom. The molecule has 0 spiro atoms. The minimum absolute atomic E-state index is 0.143. The first-order valence-corrected chi connectivity index (χ1v) is 8.34. The van der Waals surface area contributed by atoms with Gasteiger partial charge in [-0.2, -0.15) is 9.64 Å². The number of rotatable bonds is 3. The van der Waals surface area contributed by atoms with Crippen molar-refractivity contribution in [2.75, 3.05) is 16.8 Å². The molecule has 3 N–H and O–H groups in total. The van der Waals surface area contributed by atoms with Crippen LogP contribution in [0.1, 0.15) is 31.2 Å². The molecule has 23 heavy (non-hydrogen) atoms. The Bertz CT molecular complexity index is 736. The second-order valence-electron chi connectivity index (χ2n) is 5.83. The summed E-state index contributed by atoms with van der Waals surface area (Å²) in [7, 11) is 0. The van der Waals surface area contributed by atoms with Gasteiger partial charge in [0.2, 0.25) is 0 Å². The van der Waals surface area contributed by atoms with Crippen molar-refractivity contribution in [2.24, 2.45) is 5.73 Å². The van der Waals surface area contributed by atoms with Crippen LogP contribution in [0.4, 0.5) is 16.6 Å². The Morgan fingerprint density at radius 1 is 1.48 bits per heavy atom. The Morgan fingerprint density at radius 3 is 3.00 bits per heavy atom. The van der Waals surface area contributed by atoms with Gasteiger partial charge in [-0.05, 0) is 44.3 Å². The number of nitrogens with zero attached hydrogens (tertiary/aromatic N) is 5. The summed E-state index contributed by atoms with van der Waals surface area (Å²) in [6, 6.07) is 4.49. The first kappa shape index (κ1) is 15.6. The van der Waals surface area contributed by atoms with Crippen LogP contribution in [0.3, 0.4) is 0 Å². The molecule has 1 aliphatic heterocycles. The fraction of sp³-hybridized carbons (Fsp3) is 0.467. The smallest absolute Gasteiger partial charge is 0.183 e. The Hall–Kier alpha value is -2.24. The third-order valence-electron chi connectivity index (χ3n) is 3.95. The van der Waals surface area contributed by atoms with Crippen molar-refractivity contribution in [2.45, 2.75) is 38.8 Å². The van der Waals surface area contributed by atoms with Crippen LogP contribution in [0.2, 0.25) is 0 Å². The van der Waals surface area contributed by atoms with E-state index in [0.717, 1.165) is 35.9 Å². The first-order valence-electron chi connectivity index (χ1n) is 7.56. The van der Waals surface area contributed by atoms with Gasteiger partial charge in [0.15, 0.2) is 11.5 Å². The zero-order chi connectivity index (χ0) is 16.4. The maximum Gasteiger partial charge on any atom is 0.183 e. The van der Waals surface area contributed by atoms with Crippen molar-refractivity contribution in [3.05, 3.63) is 23.7 Å². The quantitative estimate of drug-likeness (QED) is 0.889. The van der Waals surface area contributed by atoms with E-state index in [1.165, 1.54) is 11.5 Å². The van der Waals surface area contributed by atoms with Gasteiger partial charge < -0.3 is 16.0 Å². The van der Waals surface area contributed by atoms with Gasteiger partial charge in [0.05, 0.1) is 11.9 Å². The lowest BCUT2D eigenvalue weighted by atomic mass is 10.0. The van der Waals surface area contributed by atoms with Gasteiger partial charge in [-0.1, -0.05) is 0 Å². The van der Waals surface area contributed by atoms with E-state index in [9.17, 15) is 5.26 Å². The highest BCUT2D eigenvalue weighted by Gasteiger charge is 2.25. The second kappa shape index (κ2) is 6.48. The van der Waals surface area contributed by atoms with Gasteiger partial charge >= 0.3 is 0 Å². The summed E-state index contributed by atoms with van der Waals surface area (Å²) in [5.41, 5.74) is 7.28. The average molecular weight is 329 g/mol. The van der Waals surface area contributed by atoms with E-state index in [2.05, 4.69) is 37.6 Å². The molecular weight excluding hydrogens is 310 g/mol. The summed E-state index contributed by atoms with van der Waals surface area (Å²) in [6.07, 6.45) is 3.70. The molecule has 8 heteroatoms. The maximum atomic E-state index is 9.26. The van der Waals surface area contributed by atoms with E-state index in [1.54, 1.807) is 6.20 Å². The molecule has 0 bridgehead atoms. The topological polar surface area (TPSA) is 104 Å². The molecule has 2 aromatic heterocycles. The highest BCUT2D eigenvalue weighted by Crippen LogP contribution is 2.26. The summed E-state index contributed by atoms with van der Waals surface area (Å²) in [4.78, 5) is 11.0. The van der Waals surface area contributed by atoms with Crippen molar-refractivity contribution < 1.29 is 0 Å². The molecule has 0 radical (unpaired) electrons. The molecular formula is C15H19N7S. The van der Waals surface area contributed by atoms with Gasteiger partial charge in [0.25, 0.3) is 0 Å². The summed E-state index contributed by atoms with van der Waals surface area (Å²) in [6.45, 7) is 4.83. The molecule has 3 rings (SSSR count). The van der Waals surface area contributed by atoms with E-state index in [1.807, 2.05) is 13.0 Å². The molecule has 0 aliphatic carbocycles. The van der Waals surface area contributed by atoms with Crippen LogP contribution in [0.15, 0.2) is 12.3 Å². The Balaban J connectivity index is 1.91. The third-order valence-corrected chi connectivity index (χ3v) is 4.74. The van der Waals surface area contributed by atoms with Crippen LogP contribution in [-0.4, -0.2) is 33.0 Å². The van der Waals surface area contributed by atoms with E-state index < -0.39 is 0 Å². The lowest BCUT2D eigenvalue weighted by Crippen LogP contribution is -2.48. The van der Waals surface area contributed by atoms with Gasteiger partial charge in [-0.3, -0.25) is 0 Å². The van der Waals surface area contributed by atoms with Crippen molar-refractivity contribution in [3.8, 4) is 6.07 Å². The van der Waals surface area contributed by atoms with E-state index in [0.29, 0.717) is 11.9 Å². The predicted octanol–water partition coefficient (Wildman–Crippen LogP) is 2.17. The lowest BCUT2D eigenvalue weighted by molar-refractivity contribution is 0.434. The molecule has 0 amide bonds. The molecule has 120 valence electrons. The van der Waals surface area contributed by atoms with E-state index >= 15 is 0 Å². The average Bonchev–Trinajstić information content (AvgIpc) is 2.95. The van der Waals surface area contributed by atoms with Gasteiger partial charge in [-0.15, -0.1) is 0 Å². The normalized spacial score (nSPS) is 21.0. The molecule has 2 aromatic rings. The third kappa shape index (κ3) is 3.41. The summed E-state index contributed by atoms with van der Waals surface area (Å²) in [5.74, 6) is 1.20. The zero-order valence-corrected chi connectivity index (χ0v) is 14.0. The molecule has 2 atom stereocenters. The lowest BCUT2D eigenvalue weighted by Gasteiger charge is -2.37. The number of aromatic nitrogens is 3. The number of nitrogens with one attached hydrogen (secondary N) is 1. The summed E-state index contributed by atoms with van der Waals surface area (Å²) < 4.78 is 4.22. The monoisotopic (exact) mass is 329 g/mol. The highest BCUT2D eigenvalue weighted by atomic mass is 32.1. The number of piperidine rings is 1. The maximum absolute atomic E-state index is 9.26. The molecule has 0 aromatic carbocycles. The van der Waals surface area contributed by atoms with Gasteiger partial charge in [0.1, 0.15) is 16.9 Å². The standard InChI is InChI=1S/C15H19N7S/c1-9-5-14(23-21-9)20-15-12(6-16)18-7-13(19-15)22-8-11(17)4-3-10(22)2/h5,7,10-11H,3-4,8,17H2,1-2H3,(H,19,20). The molecule has 0 saturated carbocycles. The SMILES string of the molecule is Cc1cc(Nc2nc(N3CC(N)CCC3C)cnc2C#N)sn1. The predicted molar refractivity (Wildman–Crippen MR) is 90.9 cm³/mol. The second-order valence-corrected chi connectivity index (χ2v) is 6.64. The number of aryl methyl sites for hydroxylation is 1. The fourth-order valence-electron chi connectivity index (χ4n) is 2.68. The van der Waals surface area contributed by atoms with E-state index in [-0.39, 0.29) is 11.7 Å². The molecule has 7 nitrogen and oxygen atoms in total. The van der Waals surface area contributed by atoms with Gasteiger partial charge in [-0.25, -0.2) is 9.97 Å². The largest absolute Gasteiger partial charge is 0.351 e. The van der Waals surface area contributed by atoms with Crippen LogP contribution in [0, 0.1) is 18.3 Å². The van der Waals surface area contributed by atoms with E-state index in [4.69, 9.17) is 5.73 Å². The minimum atomic E-state index is 0.143. The highest BCUT2D eigenvalue weighted by molar-refractivity contribution is 7.10. The van der Waals surface area contributed by atoms with Crippen molar-refractivity contribution in [1.82, 2.24) is 14.3 Å². The zero-order valence-electron chi connectivity index (χ0n) is 13.2. The van der Waals surface area contributed by atoms with Crippen LogP contribution >= 0.6 is 11.5 Å².